The van der Waals surface area contributed by atoms with Gasteiger partial charge in [-0.3, -0.25) is 14.4 Å². The Bertz CT molecular complexity index is 662. The molecule has 2 heterocycles. The molecule has 0 unspecified atom stereocenters. The van der Waals surface area contributed by atoms with Crippen molar-refractivity contribution in [1.82, 2.24) is 4.98 Å². The summed E-state index contributed by atoms with van der Waals surface area (Å²) in [6.45, 7) is 1.94. The molecule has 0 aliphatic heterocycles. The normalized spacial score (nSPS) is 10.4. The van der Waals surface area contributed by atoms with Crippen molar-refractivity contribution in [3.05, 3.63) is 33.5 Å². The van der Waals surface area contributed by atoms with Gasteiger partial charge < -0.3 is 5.32 Å². The Morgan fingerprint density at radius 3 is 2.55 bits per heavy atom. The third kappa shape index (κ3) is 5.16. The first-order chi connectivity index (χ1) is 10.5. The standard InChI is InChI=1S/C15H16N2O3S2/c1-10-2-6-13(22-10)12(19)5-3-11(18)4-7-14(20)17-15-16-8-9-21-15/h2,6,8-9H,3-5,7H2,1H3,(H,16,17,20). The van der Waals surface area contributed by atoms with Crippen LogP contribution in [0.25, 0.3) is 0 Å². The van der Waals surface area contributed by atoms with Crippen molar-refractivity contribution in [3.8, 4) is 0 Å². The minimum absolute atomic E-state index is 0.0151. The number of carbonyl (C=O) groups is 3. The van der Waals surface area contributed by atoms with Crippen LogP contribution in [-0.4, -0.2) is 22.5 Å². The molecule has 7 heteroatoms. The van der Waals surface area contributed by atoms with Crippen LogP contribution in [0, 0.1) is 6.92 Å². The number of thiazole rings is 1. The average Bonchev–Trinajstić information content (AvgIpc) is 3.14. The molecule has 0 aliphatic rings. The number of amides is 1. The fourth-order valence-electron chi connectivity index (χ4n) is 1.81. The lowest BCUT2D eigenvalue weighted by Gasteiger charge is -2.01. The number of Topliss-reactive ketones (excluding diaryl/α,β-unsaturated/α-hetero) is 2. The van der Waals surface area contributed by atoms with E-state index in [1.807, 2.05) is 13.0 Å². The fourth-order valence-corrected chi connectivity index (χ4v) is 3.19. The van der Waals surface area contributed by atoms with Gasteiger partial charge >= 0.3 is 0 Å². The number of hydrogen-bond acceptors (Lipinski definition) is 6. The predicted molar refractivity (Wildman–Crippen MR) is 87.6 cm³/mol. The Labute approximate surface area is 136 Å². The van der Waals surface area contributed by atoms with Gasteiger partial charge in [-0.1, -0.05) is 0 Å². The number of ketones is 2. The van der Waals surface area contributed by atoms with Crippen LogP contribution in [0.1, 0.15) is 40.2 Å². The van der Waals surface area contributed by atoms with Gasteiger partial charge in [0.15, 0.2) is 10.9 Å². The van der Waals surface area contributed by atoms with Gasteiger partial charge in [0.2, 0.25) is 5.91 Å². The first-order valence-corrected chi connectivity index (χ1v) is 8.55. The summed E-state index contributed by atoms with van der Waals surface area (Å²) in [5, 5.41) is 4.91. The van der Waals surface area contributed by atoms with Crippen molar-refractivity contribution in [2.75, 3.05) is 5.32 Å². The molecular weight excluding hydrogens is 320 g/mol. The Morgan fingerprint density at radius 1 is 1.14 bits per heavy atom. The van der Waals surface area contributed by atoms with Gasteiger partial charge in [0.05, 0.1) is 4.88 Å². The zero-order chi connectivity index (χ0) is 15.9. The SMILES string of the molecule is Cc1ccc(C(=O)CCC(=O)CCC(=O)Nc2nccs2)s1. The molecule has 0 atom stereocenters. The van der Waals surface area contributed by atoms with Gasteiger partial charge in [-0.05, 0) is 19.1 Å². The number of anilines is 1. The van der Waals surface area contributed by atoms with E-state index >= 15 is 0 Å². The van der Waals surface area contributed by atoms with Gasteiger partial charge in [0.1, 0.15) is 5.78 Å². The lowest BCUT2D eigenvalue weighted by molar-refractivity contribution is -0.122. The number of thiophene rings is 1. The zero-order valence-corrected chi connectivity index (χ0v) is 13.8. The summed E-state index contributed by atoms with van der Waals surface area (Å²) in [5.41, 5.74) is 0. The zero-order valence-electron chi connectivity index (χ0n) is 12.1. The quantitative estimate of drug-likeness (QED) is 0.749. The Hall–Kier alpha value is -1.86. The molecule has 2 aromatic heterocycles. The van der Waals surface area contributed by atoms with Crippen LogP contribution < -0.4 is 5.32 Å². The number of rotatable bonds is 8. The number of nitrogens with one attached hydrogen (secondary N) is 1. The Morgan fingerprint density at radius 2 is 1.91 bits per heavy atom. The molecule has 1 amide bonds. The first kappa shape index (κ1) is 16.5. The number of aryl methyl sites for hydroxylation is 1. The van der Waals surface area contributed by atoms with E-state index in [-0.39, 0.29) is 43.2 Å². The van der Waals surface area contributed by atoms with Crippen molar-refractivity contribution in [2.45, 2.75) is 32.6 Å². The first-order valence-electron chi connectivity index (χ1n) is 6.85. The van der Waals surface area contributed by atoms with Crippen molar-refractivity contribution in [3.63, 3.8) is 0 Å². The fraction of sp³-hybridized carbons (Fsp3) is 0.333. The maximum absolute atomic E-state index is 11.9. The van der Waals surface area contributed by atoms with Crippen molar-refractivity contribution < 1.29 is 14.4 Å². The van der Waals surface area contributed by atoms with E-state index in [4.69, 9.17) is 0 Å². The largest absolute Gasteiger partial charge is 0.302 e. The van der Waals surface area contributed by atoms with Crippen LogP contribution in [0.5, 0.6) is 0 Å². The molecule has 0 spiro atoms. The highest BCUT2D eigenvalue weighted by Crippen LogP contribution is 2.18. The van der Waals surface area contributed by atoms with E-state index < -0.39 is 0 Å². The van der Waals surface area contributed by atoms with E-state index in [9.17, 15) is 14.4 Å². The molecule has 0 aromatic carbocycles. The molecule has 22 heavy (non-hydrogen) atoms. The summed E-state index contributed by atoms with van der Waals surface area (Å²) in [5.74, 6) is -0.321. The molecular formula is C15H16N2O3S2. The highest BCUT2D eigenvalue weighted by Gasteiger charge is 2.12. The molecule has 2 aromatic rings. The van der Waals surface area contributed by atoms with Crippen LogP contribution in [0.4, 0.5) is 5.13 Å². The molecule has 0 fully saturated rings. The van der Waals surface area contributed by atoms with Gasteiger partial charge in [0, 0.05) is 42.1 Å². The highest BCUT2D eigenvalue weighted by molar-refractivity contribution is 7.14. The summed E-state index contributed by atoms with van der Waals surface area (Å²) < 4.78 is 0. The second kappa shape index (κ2) is 7.95. The number of hydrogen-bond donors (Lipinski definition) is 1. The molecule has 0 aliphatic carbocycles. The topological polar surface area (TPSA) is 76.1 Å². The summed E-state index contributed by atoms with van der Waals surface area (Å²) in [6.07, 6.45) is 2.25. The molecule has 1 N–H and O–H groups in total. The van der Waals surface area contributed by atoms with Crippen LogP contribution in [0.15, 0.2) is 23.7 Å². The lowest BCUT2D eigenvalue weighted by atomic mass is 10.1. The highest BCUT2D eigenvalue weighted by atomic mass is 32.1. The molecule has 0 saturated carbocycles. The molecule has 5 nitrogen and oxygen atoms in total. The minimum Gasteiger partial charge on any atom is -0.302 e. The Balaban J connectivity index is 1.67. The lowest BCUT2D eigenvalue weighted by Crippen LogP contribution is -2.13. The van der Waals surface area contributed by atoms with Crippen LogP contribution in [0.2, 0.25) is 0 Å². The van der Waals surface area contributed by atoms with Crippen LogP contribution in [0.3, 0.4) is 0 Å². The van der Waals surface area contributed by atoms with E-state index in [2.05, 4.69) is 10.3 Å². The van der Waals surface area contributed by atoms with Crippen molar-refractivity contribution in [1.29, 1.82) is 0 Å². The number of carbonyl (C=O) groups excluding carboxylic acids is 3. The van der Waals surface area contributed by atoms with Gasteiger partial charge in [-0.25, -0.2) is 4.98 Å². The number of aromatic nitrogens is 1. The molecule has 0 bridgehead atoms. The summed E-state index contributed by atoms with van der Waals surface area (Å²) >= 11 is 2.76. The summed E-state index contributed by atoms with van der Waals surface area (Å²) in [6, 6.07) is 3.68. The predicted octanol–water partition coefficient (Wildman–Crippen LogP) is 3.46. The molecule has 0 radical (unpaired) electrons. The van der Waals surface area contributed by atoms with Crippen molar-refractivity contribution in [2.24, 2.45) is 0 Å². The van der Waals surface area contributed by atoms with Crippen molar-refractivity contribution >= 4 is 45.3 Å². The van der Waals surface area contributed by atoms with Crippen LogP contribution in [-0.2, 0) is 9.59 Å². The molecule has 2 rings (SSSR count). The average molecular weight is 336 g/mol. The molecule has 0 saturated heterocycles. The summed E-state index contributed by atoms with van der Waals surface area (Å²) in [7, 11) is 0. The summed E-state index contributed by atoms with van der Waals surface area (Å²) in [4.78, 5) is 40.9. The van der Waals surface area contributed by atoms with Gasteiger partial charge in [-0.2, -0.15) is 0 Å². The third-order valence-electron chi connectivity index (χ3n) is 2.96. The van der Waals surface area contributed by atoms with E-state index in [0.717, 1.165) is 4.88 Å². The number of nitrogens with zero attached hydrogens (tertiary/aromatic N) is 1. The maximum atomic E-state index is 11.9. The Kier molecular flexibility index (Phi) is 5.97. The second-order valence-electron chi connectivity index (χ2n) is 4.76. The maximum Gasteiger partial charge on any atom is 0.226 e. The van der Waals surface area contributed by atoms with Gasteiger partial charge in [-0.15, -0.1) is 22.7 Å². The van der Waals surface area contributed by atoms with E-state index in [1.165, 1.54) is 22.7 Å². The minimum atomic E-state index is -0.233. The van der Waals surface area contributed by atoms with E-state index in [1.54, 1.807) is 17.6 Å². The monoisotopic (exact) mass is 336 g/mol. The van der Waals surface area contributed by atoms with E-state index in [0.29, 0.717) is 10.0 Å². The van der Waals surface area contributed by atoms with Gasteiger partial charge in [0.25, 0.3) is 0 Å². The molecule has 116 valence electrons. The van der Waals surface area contributed by atoms with Crippen LogP contribution >= 0.6 is 22.7 Å². The second-order valence-corrected chi connectivity index (χ2v) is 6.94. The smallest absolute Gasteiger partial charge is 0.226 e. The third-order valence-corrected chi connectivity index (χ3v) is 4.69.